The number of carbonyl (C=O) groups is 1. The van der Waals surface area contributed by atoms with Gasteiger partial charge in [-0.3, -0.25) is 14.6 Å². The fourth-order valence-electron chi connectivity index (χ4n) is 4.68. The van der Waals surface area contributed by atoms with E-state index in [1.54, 1.807) is 11.3 Å². The first-order valence-electron chi connectivity index (χ1n) is 12.7. The first kappa shape index (κ1) is 24.6. The topological polar surface area (TPSA) is 45.7 Å². The van der Waals surface area contributed by atoms with Crippen molar-refractivity contribution in [2.75, 3.05) is 44.3 Å². The van der Waals surface area contributed by atoms with E-state index in [2.05, 4.69) is 67.3 Å². The van der Waals surface area contributed by atoms with Crippen molar-refractivity contribution >= 4 is 32.6 Å². The predicted molar refractivity (Wildman–Crippen MR) is 148 cm³/mol. The number of benzene rings is 3. The van der Waals surface area contributed by atoms with E-state index < -0.39 is 0 Å². The van der Waals surface area contributed by atoms with Crippen molar-refractivity contribution in [3.63, 3.8) is 0 Å². The Kier molecular flexibility index (Phi) is 7.75. The van der Waals surface area contributed by atoms with E-state index in [1.165, 1.54) is 16.7 Å². The Morgan fingerprint density at radius 2 is 1.64 bits per heavy atom. The van der Waals surface area contributed by atoms with Gasteiger partial charge in [0.2, 0.25) is 0 Å². The highest BCUT2D eigenvalue weighted by Crippen LogP contribution is 2.34. The maximum atomic E-state index is 13.8. The van der Waals surface area contributed by atoms with Gasteiger partial charge in [0.25, 0.3) is 5.91 Å². The minimum absolute atomic E-state index is 0.0117. The summed E-state index contributed by atoms with van der Waals surface area (Å²) in [5.74, 6) is 0.0117. The van der Waals surface area contributed by atoms with Crippen LogP contribution < -0.4 is 4.90 Å². The number of amides is 1. The Morgan fingerprint density at radius 1 is 0.944 bits per heavy atom. The molecule has 1 amide bonds. The molecule has 2 heterocycles. The minimum atomic E-state index is 0.0117. The summed E-state index contributed by atoms with van der Waals surface area (Å²) in [6.45, 7) is 9.27. The van der Waals surface area contributed by atoms with Gasteiger partial charge in [-0.25, -0.2) is 4.98 Å². The molecule has 0 saturated carbocycles. The lowest BCUT2D eigenvalue weighted by Gasteiger charge is -2.27. The van der Waals surface area contributed by atoms with Crippen LogP contribution in [0, 0.1) is 13.8 Å². The van der Waals surface area contributed by atoms with E-state index in [0.29, 0.717) is 12.1 Å². The van der Waals surface area contributed by atoms with Gasteiger partial charge in [-0.2, -0.15) is 0 Å². The van der Waals surface area contributed by atoms with E-state index in [4.69, 9.17) is 9.72 Å². The zero-order valence-electron chi connectivity index (χ0n) is 21.1. The highest BCUT2D eigenvalue weighted by Gasteiger charge is 2.23. The number of nitrogens with zero attached hydrogens (tertiary/aromatic N) is 3. The Balaban J connectivity index is 1.37. The predicted octanol–water partition coefficient (Wildman–Crippen LogP) is 5.87. The summed E-state index contributed by atoms with van der Waals surface area (Å²) in [6.07, 6.45) is 1.75. The lowest BCUT2D eigenvalue weighted by Crippen LogP contribution is -2.39. The lowest BCUT2D eigenvalue weighted by atomic mass is 10.0. The standard InChI is InChI=1S/C30H33N3O2S/c1-22-9-10-23(2)28-27(22)31-30(36-28)33(16-6-15-32-17-19-35-20-18-32)29(34)26-13-11-25(12-14-26)21-24-7-4-3-5-8-24/h3-5,7-14H,6,15-21H2,1-2H3. The summed E-state index contributed by atoms with van der Waals surface area (Å²) in [7, 11) is 0. The fraction of sp³-hybridized carbons (Fsp3) is 0.333. The highest BCUT2D eigenvalue weighted by molar-refractivity contribution is 7.22. The first-order chi connectivity index (χ1) is 17.6. The van der Waals surface area contributed by atoms with Gasteiger partial charge in [-0.1, -0.05) is 65.9 Å². The second-order valence-corrected chi connectivity index (χ2v) is 10.5. The summed E-state index contributed by atoms with van der Waals surface area (Å²) in [5.41, 5.74) is 6.50. The molecule has 6 heteroatoms. The molecule has 0 bridgehead atoms. The molecule has 1 aromatic heterocycles. The van der Waals surface area contributed by atoms with Crippen molar-refractivity contribution < 1.29 is 9.53 Å². The van der Waals surface area contributed by atoms with Crippen LogP contribution in [0.1, 0.15) is 39.0 Å². The average molecular weight is 500 g/mol. The third-order valence-electron chi connectivity index (χ3n) is 6.82. The van der Waals surface area contributed by atoms with Gasteiger partial charge >= 0.3 is 0 Å². The number of fused-ring (bicyclic) bond motifs is 1. The van der Waals surface area contributed by atoms with Crippen molar-refractivity contribution in [1.29, 1.82) is 0 Å². The third kappa shape index (κ3) is 5.67. The number of aryl methyl sites for hydroxylation is 2. The molecule has 0 unspecified atom stereocenters. The summed E-state index contributed by atoms with van der Waals surface area (Å²) in [6, 6.07) is 22.7. The molecule has 1 aliphatic heterocycles. The molecule has 1 saturated heterocycles. The Hall–Kier alpha value is -3.06. The third-order valence-corrected chi connectivity index (χ3v) is 8.03. The second-order valence-electron chi connectivity index (χ2n) is 9.50. The lowest BCUT2D eigenvalue weighted by molar-refractivity contribution is 0.0376. The summed E-state index contributed by atoms with van der Waals surface area (Å²) in [5, 5.41) is 0.780. The summed E-state index contributed by atoms with van der Waals surface area (Å²) >= 11 is 1.62. The number of aromatic nitrogens is 1. The molecular weight excluding hydrogens is 466 g/mol. The van der Waals surface area contributed by atoms with Crippen LogP contribution in [-0.4, -0.2) is 55.2 Å². The average Bonchev–Trinajstić information content (AvgIpc) is 3.37. The molecule has 0 spiro atoms. The molecule has 4 aromatic rings. The van der Waals surface area contributed by atoms with Gasteiger partial charge < -0.3 is 4.74 Å². The van der Waals surface area contributed by atoms with Crippen LogP contribution in [0.15, 0.2) is 66.7 Å². The molecule has 3 aromatic carbocycles. The number of rotatable bonds is 8. The Bertz CT molecular complexity index is 1270. The van der Waals surface area contributed by atoms with Gasteiger partial charge in [0.1, 0.15) is 0 Å². The van der Waals surface area contributed by atoms with Crippen molar-refractivity contribution in [2.24, 2.45) is 0 Å². The Labute approximate surface area is 217 Å². The molecule has 0 N–H and O–H groups in total. The van der Waals surface area contributed by atoms with Crippen molar-refractivity contribution in [1.82, 2.24) is 9.88 Å². The van der Waals surface area contributed by atoms with E-state index in [-0.39, 0.29) is 5.91 Å². The largest absolute Gasteiger partial charge is 0.379 e. The summed E-state index contributed by atoms with van der Waals surface area (Å²) in [4.78, 5) is 23.1. The van der Waals surface area contributed by atoms with E-state index in [9.17, 15) is 4.79 Å². The SMILES string of the molecule is Cc1ccc(C)c2sc(N(CCCN3CCOCC3)C(=O)c3ccc(Cc4ccccc4)cc3)nc12. The molecule has 36 heavy (non-hydrogen) atoms. The zero-order valence-corrected chi connectivity index (χ0v) is 21.9. The number of hydrogen-bond donors (Lipinski definition) is 0. The van der Waals surface area contributed by atoms with Crippen LogP contribution in [-0.2, 0) is 11.2 Å². The van der Waals surface area contributed by atoms with E-state index in [1.807, 2.05) is 23.1 Å². The van der Waals surface area contributed by atoms with Gasteiger partial charge in [0.05, 0.1) is 23.4 Å². The van der Waals surface area contributed by atoms with Gasteiger partial charge in [0, 0.05) is 31.7 Å². The van der Waals surface area contributed by atoms with Crippen LogP contribution in [0.4, 0.5) is 5.13 Å². The van der Waals surface area contributed by atoms with Crippen LogP contribution in [0.25, 0.3) is 10.2 Å². The quantitative estimate of drug-likeness (QED) is 0.304. The van der Waals surface area contributed by atoms with Crippen LogP contribution in [0.2, 0.25) is 0 Å². The molecule has 1 fully saturated rings. The molecule has 1 aliphatic rings. The first-order valence-corrected chi connectivity index (χ1v) is 13.5. The van der Waals surface area contributed by atoms with Crippen LogP contribution >= 0.6 is 11.3 Å². The van der Waals surface area contributed by atoms with Crippen LogP contribution in [0.5, 0.6) is 0 Å². The van der Waals surface area contributed by atoms with Gasteiger partial charge in [-0.05, 0) is 61.1 Å². The number of hydrogen-bond acceptors (Lipinski definition) is 5. The molecule has 0 aliphatic carbocycles. The van der Waals surface area contributed by atoms with Crippen molar-refractivity contribution in [3.05, 3.63) is 94.5 Å². The minimum Gasteiger partial charge on any atom is -0.379 e. The fourth-order valence-corrected chi connectivity index (χ4v) is 5.81. The highest BCUT2D eigenvalue weighted by atomic mass is 32.1. The van der Waals surface area contributed by atoms with Crippen molar-refractivity contribution in [2.45, 2.75) is 26.7 Å². The van der Waals surface area contributed by atoms with Crippen molar-refractivity contribution in [3.8, 4) is 0 Å². The number of morpholine rings is 1. The van der Waals surface area contributed by atoms with Crippen LogP contribution in [0.3, 0.4) is 0 Å². The van der Waals surface area contributed by atoms with E-state index >= 15 is 0 Å². The van der Waals surface area contributed by atoms with Gasteiger partial charge in [-0.15, -0.1) is 0 Å². The normalized spacial score (nSPS) is 14.3. The molecule has 186 valence electrons. The second kappa shape index (κ2) is 11.3. The molecule has 5 rings (SSSR count). The molecule has 0 atom stereocenters. The monoisotopic (exact) mass is 499 g/mol. The Morgan fingerprint density at radius 3 is 2.36 bits per heavy atom. The molecule has 0 radical (unpaired) electrons. The smallest absolute Gasteiger partial charge is 0.260 e. The molecular formula is C30H33N3O2S. The number of thiazole rings is 1. The van der Waals surface area contributed by atoms with Gasteiger partial charge in [0.15, 0.2) is 5.13 Å². The molecule has 5 nitrogen and oxygen atoms in total. The maximum Gasteiger partial charge on any atom is 0.260 e. The zero-order chi connectivity index (χ0) is 24.9. The maximum absolute atomic E-state index is 13.8. The number of anilines is 1. The number of carbonyl (C=O) groups excluding carboxylic acids is 1. The summed E-state index contributed by atoms with van der Waals surface area (Å²) < 4.78 is 6.64. The van der Waals surface area contributed by atoms with E-state index in [0.717, 1.165) is 66.6 Å². The number of ether oxygens (including phenoxy) is 1.